The molecule has 0 amide bonds. The average Bonchev–Trinajstić information content (AvgIpc) is 2.30. The quantitative estimate of drug-likeness (QED) is 0.631. The summed E-state index contributed by atoms with van der Waals surface area (Å²) in [5.41, 5.74) is -2.25. The number of nitrogens with zero attached hydrogens (tertiary/aromatic N) is 1. The number of rotatable bonds is 5. The molecule has 1 unspecified atom stereocenters. The van der Waals surface area contributed by atoms with E-state index in [1.54, 1.807) is 0 Å². The zero-order valence-electron chi connectivity index (χ0n) is 12.0. The van der Waals surface area contributed by atoms with Gasteiger partial charge in [-0.1, -0.05) is 0 Å². The molecular weight excluding hydrogens is 303 g/mol. The van der Waals surface area contributed by atoms with Gasteiger partial charge in [0, 0.05) is 6.07 Å². The average molecular weight is 320 g/mol. The van der Waals surface area contributed by atoms with Gasteiger partial charge in [0.2, 0.25) is 15.8 Å². The number of hydrogen-bond donors (Lipinski definition) is 2. The third-order valence-corrected chi connectivity index (χ3v) is 4.81. The minimum Gasteiger partial charge on any atom is -0.391 e. The smallest absolute Gasteiger partial charge is 0.306 e. The molecule has 1 atom stereocenters. The lowest BCUT2D eigenvalue weighted by Gasteiger charge is -2.28. The summed E-state index contributed by atoms with van der Waals surface area (Å²) in [6.07, 6.45) is -0.996. The van der Waals surface area contributed by atoms with E-state index in [4.69, 9.17) is 0 Å². The van der Waals surface area contributed by atoms with E-state index in [-0.39, 0.29) is 5.56 Å². The van der Waals surface area contributed by atoms with Gasteiger partial charge in [0.1, 0.15) is 0 Å². The second-order valence-electron chi connectivity index (χ2n) is 5.33. The van der Waals surface area contributed by atoms with E-state index in [1.807, 2.05) is 0 Å². The van der Waals surface area contributed by atoms with Crippen molar-refractivity contribution in [1.82, 2.24) is 4.72 Å². The predicted molar refractivity (Wildman–Crippen MR) is 73.9 cm³/mol. The van der Waals surface area contributed by atoms with Crippen molar-refractivity contribution in [3.05, 3.63) is 33.6 Å². The van der Waals surface area contributed by atoms with Gasteiger partial charge >= 0.3 is 5.69 Å². The van der Waals surface area contributed by atoms with Gasteiger partial charge in [-0.3, -0.25) is 10.1 Å². The van der Waals surface area contributed by atoms with Gasteiger partial charge in [-0.25, -0.2) is 13.1 Å². The first-order valence-corrected chi connectivity index (χ1v) is 7.53. The first-order valence-electron chi connectivity index (χ1n) is 6.05. The van der Waals surface area contributed by atoms with Gasteiger partial charge in [-0.2, -0.15) is 4.39 Å². The lowest BCUT2D eigenvalue weighted by molar-refractivity contribution is -0.387. The van der Waals surface area contributed by atoms with Crippen LogP contribution in [-0.2, 0) is 10.0 Å². The van der Waals surface area contributed by atoms with E-state index in [2.05, 4.69) is 4.72 Å². The van der Waals surface area contributed by atoms with Crippen LogP contribution in [0.2, 0.25) is 0 Å². The Labute approximate surface area is 122 Å². The fourth-order valence-corrected chi connectivity index (χ4v) is 3.08. The van der Waals surface area contributed by atoms with Crippen molar-refractivity contribution in [2.45, 2.75) is 44.2 Å². The molecule has 118 valence electrons. The monoisotopic (exact) mass is 320 g/mol. The summed E-state index contributed by atoms with van der Waals surface area (Å²) in [5.74, 6) is -1.08. The number of aryl methyl sites for hydroxylation is 1. The topological polar surface area (TPSA) is 110 Å². The Bertz CT molecular complexity index is 670. The minimum absolute atomic E-state index is 0.153. The molecule has 0 saturated heterocycles. The van der Waals surface area contributed by atoms with Crippen molar-refractivity contribution in [2.24, 2.45) is 0 Å². The molecule has 1 aromatic rings. The third kappa shape index (κ3) is 3.74. The number of sulfonamides is 1. The van der Waals surface area contributed by atoms with Crippen molar-refractivity contribution in [3.8, 4) is 0 Å². The number of nitro groups is 1. The lowest BCUT2D eigenvalue weighted by Crippen LogP contribution is -2.50. The third-order valence-electron chi connectivity index (χ3n) is 3.16. The zero-order valence-corrected chi connectivity index (χ0v) is 12.9. The summed E-state index contributed by atoms with van der Waals surface area (Å²) >= 11 is 0. The highest BCUT2D eigenvalue weighted by atomic mass is 32.2. The van der Waals surface area contributed by atoms with Crippen LogP contribution in [0.4, 0.5) is 10.1 Å². The van der Waals surface area contributed by atoms with Crippen LogP contribution in [0.3, 0.4) is 0 Å². The molecule has 0 fully saturated rings. The van der Waals surface area contributed by atoms with Crippen LogP contribution in [0.15, 0.2) is 17.0 Å². The summed E-state index contributed by atoms with van der Waals surface area (Å²) in [6.45, 7) is 5.56. The second-order valence-corrected chi connectivity index (χ2v) is 7.02. The SMILES string of the molecule is Cc1cc(S(=O)(=O)NC(C)(C)C(C)O)cc([N+](=O)[O-])c1F. The van der Waals surface area contributed by atoms with E-state index >= 15 is 0 Å². The standard InChI is InChI=1S/C12H17FN2O5S/c1-7-5-9(6-10(11(7)13)15(17)18)21(19,20)14-12(3,4)8(2)16/h5-6,8,14,16H,1-4H3. The molecule has 0 aliphatic carbocycles. The Morgan fingerprint density at radius 2 is 1.95 bits per heavy atom. The van der Waals surface area contributed by atoms with Crippen molar-refractivity contribution < 1.29 is 22.8 Å². The van der Waals surface area contributed by atoms with Crippen LogP contribution < -0.4 is 4.72 Å². The fourth-order valence-electron chi connectivity index (χ4n) is 1.50. The van der Waals surface area contributed by atoms with Gasteiger partial charge in [0.25, 0.3) is 0 Å². The Morgan fingerprint density at radius 1 is 1.43 bits per heavy atom. The maximum atomic E-state index is 13.6. The molecule has 21 heavy (non-hydrogen) atoms. The normalized spacial score (nSPS) is 14.0. The number of nitro benzene ring substituents is 1. The van der Waals surface area contributed by atoms with E-state index in [0.717, 1.165) is 6.07 Å². The van der Waals surface area contributed by atoms with Crippen LogP contribution in [0, 0.1) is 22.9 Å². The number of halogens is 1. The number of aliphatic hydroxyl groups excluding tert-OH is 1. The number of nitrogens with one attached hydrogen (secondary N) is 1. The first kappa shape index (κ1) is 17.5. The minimum atomic E-state index is -4.14. The molecule has 0 aliphatic rings. The summed E-state index contributed by atoms with van der Waals surface area (Å²) in [6, 6.07) is 1.66. The molecule has 0 saturated carbocycles. The highest BCUT2D eigenvalue weighted by Gasteiger charge is 2.32. The van der Waals surface area contributed by atoms with Crippen LogP contribution in [-0.4, -0.2) is 30.1 Å². The molecule has 0 spiro atoms. The lowest BCUT2D eigenvalue weighted by atomic mass is 10.0. The fraction of sp³-hybridized carbons (Fsp3) is 0.500. The van der Waals surface area contributed by atoms with Gasteiger partial charge in [0.15, 0.2) is 0 Å². The summed E-state index contributed by atoms with van der Waals surface area (Å²) in [5, 5.41) is 20.3. The summed E-state index contributed by atoms with van der Waals surface area (Å²) in [7, 11) is -4.14. The number of benzene rings is 1. The van der Waals surface area contributed by atoms with Crippen molar-refractivity contribution in [1.29, 1.82) is 0 Å². The Kier molecular flexibility index (Phi) is 4.71. The van der Waals surface area contributed by atoms with Gasteiger partial charge in [-0.05, 0) is 39.3 Å². The molecule has 0 heterocycles. The number of aliphatic hydroxyl groups is 1. The van der Waals surface area contributed by atoms with E-state index in [1.165, 1.54) is 27.7 Å². The zero-order chi connectivity index (χ0) is 16.6. The van der Waals surface area contributed by atoms with Crippen LogP contribution in [0.1, 0.15) is 26.3 Å². The Hall–Kier alpha value is -1.58. The molecule has 7 nitrogen and oxygen atoms in total. The number of hydrogen-bond acceptors (Lipinski definition) is 5. The predicted octanol–water partition coefficient (Wildman–Crippen LogP) is 1.48. The molecular formula is C12H17FN2O5S. The Morgan fingerprint density at radius 3 is 2.38 bits per heavy atom. The largest absolute Gasteiger partial charge is 0.391 e. The molecule has 1 aromatic carbocycles. The van der Waals surface area contributed by atoms with Crippen molar-refractivity contribution in [2.75, 3.05) is 0 Å². The molecule has 0 bridgehead atoms. The molecule has 0 aromatic heterocycles. The molecule has 2 N–H and O–H groups in total. The molecule has 9 heteroatoms. The molecule has 1 rings (SSSR count). The van der Waals surface area contributed by atoms with Crippen molar-refractivity contribution >= 4 is 15.7 Å². The van der Waals surface area contributed by atoms with E-state index in [9.17, 15) is 28.0 Å². The van der Waals surface area contributed by atoms with Crippen LogP contribution in [0.25, 0.3) is 0 Å². The first-order chi connectivity index (χ1) is 9.38. The van der Waals surface area contributed by atoms with Crippen LogP contribution in [0.5, 0.6) is 0 Å². The highest BCUT2D eigenvalue weighted by molar-refractivity contribution is 7.89. The molecule has 0 radical (unpaired) electrons. The summed E-state index contributed by atoms with van der Waals surface area (Å²) < 4.78 is 40.3. The van der Waals surface area contributed by atoms with Crippen molar-refractivity contribution in [3.63, 3.8) is 0 Å². The van der Waals surface area contributed by atoms with Gasteiger partial charge in [0.05, 0.1) is 21.5 Å². The van der Waals surface area contributed by atoms with Gasteiger partial charge < -0.3 is 5.11 Å². The maximum Gasteiger partial charge on any atom is 0.306 e. The van der Waals surface area contributed by atoms with Crippen LogP contribution >= 0.6 is 0 Å². The summed E-state index contributed by atoms with van der Waals surface area (Å²) in [4.78, 5) is 9.34. The van der Waals surface area contributed by atoms with Gasteiger partial charge in [-0.15, -0.1) is 0 Å². The van der Waals surface area contributed by atoms with E-state index in [0.29, 0.717) is 6.07 Å². The maximum absolute atomic E-state index is 13.6. The van der Waals surface area contributed by atoms with E-state index < -0.39 is 43.0 Å². The second kappa shape index (κ2) is 5.66. The highest BCUT2D eigenvalue weighted by Crippen LogP contribution is 2.26. The Balaban J connectivity index is 3.37. The molecule has 0 aliphatic heterocycles.